The lowest BCUT2D eigenvalue weighted by molar-refractivity contribution is 0.101. The van der Waals surface area contributed by atoms with Crippen molar-refractivity contribution in [2.75, 3.05) is 10.6 Å². The van der Waals surface area contributed by atoms with E-state index in [1.807, 2.05) is 48.5 Å². The third kappa shape index (κ3) is 4.47. The number of halogens is 1. The zero-order valence-corrected chi connectivity index (χ0v) is 19.0. The molecule has 0 aliphatic rings. The Kier molecular flexibility index (Phi) is 5.73. The van der Waals surface area contributed by atoms with E-state index in [2.05, 4.69) is 10.6 Å². The molecule has 0 aromatic heterocycles. The molecule has 5 aromatic carbocycles. The number of phenolic OH excluding ortho intramolecular Hbond substituents is 2. The minimum atomic E-state index is -0.520. The van der Waals surface area contributed by atoms with Crippen LogP contribution in [0.2, 0.25) is 5.02 Å². The predicted molar refractivity (Wildman–Crippen MR) is 139 cm³/mol. The lowest BCUT2D eigenvalue weighted by atomic mass is 10.1. The van der Waals surface area contributed by atoms with Crippen molar-refractivity contribution in [2.24, 2.45) is 0 Å². The van der Waals surface area contributed by atoms with Crippen LogP contribution in [0.5, 0.6) is 11.5 Å². The van der Waals surface area contributed by atoms with E-state index in [0.29, 0.717) is 11.4 Å². The molecule has 0 unspecified atom stereocenters. The quantitative estimate of drug-likeness (QED) is 0.233. The number of hydrogen-bond donors (Lipinski definition) is 4. The topological polar surface area (TPSA) is 98.7 Å². The van der Waals surface area contributed by atoms with Gasteiger partial charge in [0.15, 0.2) is 0 Å². The van der Waals surface area contributed by atoms with E-state index in [9.17, 15) is 19.8 Å². The van der Waals surface area contributed by atoms with E-state index in [1.165, 1.54) is 18.2 Å². The Balaban J connectivity index is 1.34. The highest BCUT2D eigenvalue weighted by Gasteiger charge is 2.16. The van der Waals surface area contributed by atoms with Crippen molar-refractivity contribution in [2.45, 2.75) is 0 Å². The van der Waals surface area contributed by atoms with Crippen LogP contribution in [0, 0.1) is 0 Å². The second-order valence-electron chi connectivity index (χ2n) is 8.04. The van der Waals surface area contributed by atoms with Crippen LogP contribution in [0.1, 0.15) is 20.7 Å². The van der Waals surface area contributed by atoms with Crippen LogP contribution >= 0.6 is 11.6 Å². The van der Waals surface area contributed by atoms with Gasteiger partial charge in [-0.15, -0.1) is 0 Å². The van der Waals surface area contributed by atoms with Crippen LogP contribution in [0.3, 0.4) is 0 Å². The number of benzene rings is 5. The normalized spacial score (nSPS) is 10.9. The highest BCUT2D eigenvalue weighted by atomic mass is 35.5. The molecular weight excluding hydrogens is 464 g/mol. The van der Waals surface area contributed by atoms with E-state index in [4.69, 9.17) is 11.6 Å². The van der Waals surface area contributed by atoms with Gasteiger partial charge < -0.3 is 20.8 Å². The number of fused-ring (bicyclic) bond motifs is 2. The van der Waals surface area contributed by atoms with E-state index in [1.54, 1.807) is 24.3 Å². The van der Waals surface area contributed by atoms with Crippen LogP contribution in [-0.2, 0) is 0 Å². The van der Waals surface area contributed by atoms with Crippen LogP contribution in [0.25, 0.3) is 21.5 Å². The molecule has 5 aromatic rings. The summed E-state index contributed by atoms with van der Waals surface area (Å²) in [4.78, 5) is 25.6. The van der Waals surface area contributed by atoms with Crippen molar-refractivity contribution < 1.29 is 19.8 Å². The van der Waals surface area contributed by atoms with Crippen LogP contribution in [0.15, 0.2) is 91.0 Å². The lowest BCUT2D eigenvalue weighted by Crippen LogP contribution is -2.14. The Bertz CT molecular complexity index is 1630. The smallest absolute Gasteiger partial charge is 0.259 e. The summed E-state index contributed by atoms with van der Waals surface area (Å²) in [6.07, 6.45) is 0. The fourth-order valence-electron chi connectivity index (χ4n) is 3.90. The highest BCUT2D eigenvalue weighted by molar-refractivity contribution is 6.34. The highest BCUT2D eigenvalue weighted by Crippen LogP contribution is 2.30. The van der Waals surface area contributed by atoms with Gasteiger partial charge in [-0.25, -0.2) is 0 Å². The van der Waals surface area contributed by atoms with E-state index in [-0.39, 0.29) is 27.6 Å². The summed E-state index contributed by atoms with van der Waals surface area (Å²) in [7, 11) is 0. The Morgan fingerprint density at radius 1 is 0.600 bits per heavy atom. The van der Waals surface area contributed by atoms with Crippen molar-refractivity contribution in [3.8, 4) is 11.5 Å². The Morgan fingerprint density at radius 2 is 1.06 bits per heavy atom. The van der Waals surface area contributed by atoms with Gasteiger partial charge in [-0.2, -0.15) is 0 Å². The first kappa shape index (κ1) is 22.3. The zero-order chi connectivity index (χ0) is 24.5. The van der Waals surface area contributed by atoms with Gasteiger partial charge in [0.05, 0.1) is 21.8 Å². The molecule has 5 rings (SSSR count). The van der Waals surface area contributed by atoms with E-state index < -0.39 is 11.8 Å². The molecule has 0 saturated carbocycles. The molecule has 7 heteroatoms. The molecule has 4 N–H and O–H groups in total. The molecule has 0 heterocycles. The number of carbonyl (C=O) groups is 2. The first-order chi connectivity index (χ1) is 16.9. The molecule has 0 fully saturated rings. The van der Waals surface area contributed by atoms with E-state index >= 15 is 0 Å². The second-order valence-corrected chi connectivity index (χ2v) is 8.44. The molecule has 0 aliphatic carbocycles. The van der Waals surface area contributed by atoms with Gasteiger partial charge >= 0.3 is 0 Å². The number of hydrogen-bond acceptors (Lipinski definition) is 4. The number of rotatable bonds is 4. The Labute approximate surface area is 205 Å². The van der Waals surface area contributed by atoms with Gasteiger partial charge in [-0.1, -0.05) is 60.1 Å². The Morgan fingerprint density at radius 3 is 1.54 bits per heavy atom. The Hall–Kier alpha value is -4.55. The van der Waals surface area contributed by atoms with Crippen molar-refractivity contribution in [3.63, 3.8) is 0 Å². The third-order valence-corrected chi connectivity index (χ3v) is 6.01. The first-order valence-electron chi connectivity index (χ1n) is 10.7. The van der Waals surface area contributed by atoms with Crippen molar-refractivity contribution in [1.82, 2.24) is 0 Å². The summed E-state index contributed by atoms with van der Waals surface area (Å²) in [5.74, 6) is -1.29. The molecular formula is C28H19ClN2O4. The van der Waals surface area contributed by atoms with Crippen molar-refractivity contribution in [1.29, 1.82) is 0 Å². The van der Waals surface area contributed by atoms with Crippen LogP contribution in [0.4, 0.5) is 11.4 Å². The number of nitrogens with one attached hydrogen (secondary N) is 2. The minimum absolute atomic E-state index is 0.115. The summed E-state index contributed by atoms with van der Waals surface area (Å²) in [5.41, 5.74) is 0.947. The molecule has 0 aliphatic heterocycles. The fourth-order valence-corrected chi connectivity index (χ4v) is 4.13. The average molecular weight is 483 g/mol. The molecule has 35 heavy (non-hydrogen) atoms. The van der Waals surface area contributed by atoms with Crippen LogP contribution < -0.4 is 10.6 Å². The number of carbonyl (C=O) groups excluding carboxylic acids is 2. The van der Waals surface area contributed by atoms with Gasteiger partial charge in [0.1, 0.15) is 11.5 Å². The molecule has 0 bridgehead atoms. The van der Waals surface area contributed by atoms with E-state index in [0.717, 1.165) is 21.5 Å². The maximum atomic E-state index is 12.8. The minimum Gasteiger partial charge on any atom is -0.507 e. The van der Waals surface area contributed by atoms with Gasteiger partial charge in [0.2, 0.25) is 0 Å². The lowest BCUT2D eigenvalue weighted by Gasteiger charge is -2.12. The number of phenols is 2. The standard InChI is InChI=1S/C28H19ClN2O4/c29-23-15-20(30-27(34)21-11-16-5-1-3-7-18(16)13-25(21)32)9-10-24(23)31-28(35)22-12-17-6-2-4-8-19(17)14-26(22)33/h1-15,32-33H,(H,30,34)(H,31,35). The molecule has 172 valence electrons. The summed E-state index contributed by atoms with van der Waals surface area (Å²) >= 11 is 6.36. The third-order valence-electron chi connectivity index (χ3n) is 5.69. The molecule has 6 nitrogen and oxygen atoms in total. The molecule has 0 spiro atoms. The summed E-state index contributed by atoms with van der Waals surface area (Å²) in [6.45, 7) is 0. The zero-order valence-electron chi connectivity index (χ0n) is 18.2. The van der Waals surface area contributed by atoms with Crippen molar-refractivity contribution in [3.05, 3.63) is 107 Å². The molecule has 0 saturated heterocycles. The first-order valence-corrected chi connectivity index (χ1v) is 11.1. The van der Waals surface area contributed by atoms with Crippen molar-refractivity contribution >= 4 is 56.3 Å². The predicted octanol–water partition coefficient (Wildman–Crippen LogP) is 6.56. The van der Waals surface area contributed by atoms with Gasteiger partial charge in [0, 0.05) is 5.69 Å². The maximum absolute atomic E-state index is 12.8. The van der Waals surface area contributed by atoms with Gasteiger partial charge in [0.25, 0.3) is 11.8 Å². The largest absolute Gasteiger partial charge is 0.507 e. The second kappa shape index (κ2) is 9.00. The number of aromatic hydroxyl groups is 2. The number of anilines is 2. The SMILES string of the molecule is O=C(Nc1ccc(NC(=O)c2cc3ccccc3cc2O)c(Cl)c1)c1cc2ccccc2cc1O. The van der Waals surface area contributed by atoms with Crippen LogP contribution in [-0.4, -0.2) is 22.0 Å². The molecule has 0 atom stereocenters. The maximum Gasteiger partial charge on any atom is 0.259 e. The van der Waals surface area contributed by atoms with Gasteiger partial charge in [-0.05, 0) is 64.0 Å². The fraction of sp³-hybridized carbons (Fsp3) is 0. The van der Waals surface area contributed by atoms with Gasteiger partial charge in [-0.3, -0.25) is 9.59 Å². The summed E-state index contributed by atoms with van der Waals surface area (Å²) in [5, 5.41) is 29.5. The monoisotopic (exact) mass is 482 g/mol. The summed E-state index contributed by atoms with van der Waals surface area (Å²) < 4.78 is 0. The average Bonchev–Trinajstić information content (AvgIpc) is 2.84. The molecule has 2 amide bonds. The number of amides is 2. The molecule has 0 radical (unpaired) electrons. The summed E-state index contributed by atoms with van der Waals surface area (Å²) in [6, 6.07) is 25.7.